The summed E-state index contributed by atoms with van der Waals surface area (Å²) in [7, 11) is 0. The van der Waals surface area contributed by atoms with E-state index in [0.717, 1.165) is 24.6 Å². The van der Waals surface area contributed by atoms with Crippen molar-refractivity contribution in [1.82, 2.24) is 5.32 Å². The maximum Gasteiger partial charge on any atom is 0.0604 e. The summed E-state index contributed by atoms with van der Waals surface area (Å²) in [6.45, 7) is 1.05. The predicted molar refractivity (Wildman–Crippen MR) is 65.5 cm³/mol. The van der Waals surface area contributed by atoms with Crippen LogP contribution < -0.4 is 5.32 Å². The highest BCUT2D eigenvalue weighted by atomic mass is 16.5. The molecule has 2 heteroatoms. The summed E-state index contributed by atoms with van der Waals surface area (Å²) in [5, 5.41) is 3.68. The maximum atomic E-state index is 6.16. The molecule has 0 amide bonds. The molecule has 0 spiro atoms. The van der Waals surface area contributed by atoms with E-state index in [4.69, 9.17) is 4.74 Å². The Balaban J connectivity index is 1.41. The van der Waals surface area contributed by atoms with Crippen LogP contribution in [0.4, 0.5) is 0 Å². The van der Waals surface area contributed by atoms with Gasteiger partial charge in [0.25, 0.3) is 0 Å². The van der Waals surface area contributed by atoms with Crippen molar-refractivity contribution >= 4 is 0 Å². The van der Waals surface area contributed by atoms with Crippen LogP contribution in [0.15, 0.2) is 0 Å². The summed E-state index contributed by atoms with van der Waals surface area (Å²) in [5.74, 6) is 0.876. The molecule has 16 heavy (non-hydrogen) atoms. The van der Waals surface area contributed by atoms with Gasteiger partial charge in [-0.25, -0.2) is 0 Å². The smallest absolute Gasteiger partial charge is 0.0604 e. The van der Waals surface area contributed by atoms with Crippen molar-refractivity contribution in [3.05, 3.63) is 0 Å². The lowest BCUT2D eigenvalue weighted by Gasteiger charge is -2.31. The highest BCUT2D eigenvalue weighted by Crippen LogP contribution is 2.30. The zero-order chi connectivity index (χ0) is 10.8. The molecule has 2 unspecified atom stereocenters. The normalized spacial score (nSPS) is 40.1. The second-order valence-electron chi connectivity index (χ2n) is 6.07. The van der Waals surface area contributed by atoms with E-state index in [-0.39, 0.29) is 0 Å². The average Bonchev–Trinajstić information content (AvgIpc) is 2.67. The summed E-state index contributed by atoms with van der Waals surface area (Å²) in [5.41, 5.74) is 0. The largest absolute Gasteiger partial charge is 0.378 e. The number of piperidine rings is 1. The first-order chi connectivity index (χ1) is 7.90. The maximum absolute atomic E-state index is 6.16. The Morgan fingerprint density at radius 3 is 2.25 bits per heavy atom. The van der Waals surface area contributed by atoms with Gasteiger partial charge in [0, 0.05) is 18.7 Å². The summed E-state index contributed by atoms with van der Waals surface area (Å²) >= 11 is 0. The van der Waals surface area contributed by atoms with Gasteiger partial charge < -0.3 is 10.1 Å². The fourth-order valence-corrected chi connectivity index (χ4v) is 3.77. The molecular weight excluding hydrogens is 198 g/mol. The van der Waals surface area contributed by atoms with Crippen LogP contribution in [0.25, 0.3) is 0 Å². The molecule has 92 valence electrons. The minimum absolute atomic E-state index is 0.570. The summed E-state index contributed by atoms with van der Waals surface area (Å²) in [6, 6.07) is 1.55. The molecule has 2 atom stereocenters. The van der Waals surface area contributed by atoms with Crippen LogP contribution in [0.3, 0.4) is 0 Å². The molecule has 0 aromatic heterocycles. The van der Waals surface area contributed by atoms with Gasteiger partial charge in [-0.15, -0.1) is 0 Å². The van der Waals surface area contributed by atoms with Crippen molar-refractivity contribution in [3.63, 3.8) is 0 Å². The molecule has 2 aliphatic heterocycles. The van der Waals surface area contributed by atoms with Crippen LogP contribution in [-0.4, -0.2) is 24.8 Å². The molecule has 0 aromatic carbocycles. The van der Waals surface area contributed by atoms with Crippen LogP contribution in [0.2, 0.25) is 0 Å². The van der Waals surface area contributed by atoms with Crippen LogP contribution in [-0.2, 0) is 4.74 Å². The molecule has 3 fully saturated rings. The highest BCUT2D eigenvalue weighted by molar-refractivity contribution is 4.92. The van der Waals surface area contributed by atoms with Gasteiger partial charge in [-0.05, 0) is 44.4 Å². The molecule has 3 rings (SSSR count). The topological polar surface area (TPSA) is 21.3 Å². The molecule has 2 bridgehead atoms. The lowest BCUT2D eigenvalue weighted by Crippen LogP contribution is -2.41. The van der Waals surface area contributed by atoms with Gasteiger partial charge in [0.2, 0.25) is 0 Å². The SMILES string of the molecule is C1CCC(COC2CC3CCC(C2)N3)CC1. The Morgan fingerprint density at radius 2 is 1.56 bits per heavy atom. The number of ether oxygens (including phenoxy) is 1. The Labute approximate surface area is 99.1 Å². The molecule has 0 aromatic rings. The quantitative estimate of drug-likeness (QED) is 0.794. The van der Waals surface area contributed by atoms with E-state index >= 15 is 0 Å². The van der Waals surface area contributed by atoms with Crippen LogP contribution in [0.1, 0.15) is 57.8 Å². The number of hydrogen-bond acceptors (Lipinski definition) is 2. The van der Waals surface area contributed by atoms with Gasteiger partial charge in [0.15, 0.2) is 0 Å². The Kier molecular flexibility index (Phi) is 3.49. The fourth-order valence-electron chi connectivity index (χ4n) is 3.77. The molecule has 3 aliphatic rings. The zero-order valence-electron chi connectivity index (χ0n) is 10.3. The van der Waals surface area contributed by atoms with Crippen molar-refractivity contribution < 1.29 is 4.74 Å². The van der Waals surface area contributed by atoms with Gasteiger partial charge >= 0.3 is 0 Å². The standard InChI is InChI=1S/C14H25NO/c1-2-4-11(5-3-1)10-16-14-8-12-6-7-13(9-14)15-12/h11-15H,1-10H2. The van der Waals surface area contributed by atoms with E-state index in [0.29, 0.717) is 6.10 Å². The fraction of sp³-hybridized carbons (Fsp3) is 1.00. The first kappa shape index (κ1) is 11.0. The van der Waals surface area contributed by atoms with E-state index in [1.165, 1.54) is 57.8 Å². The molecule has 2 heterocycles. The molecule has 2 nitrogen and oxygen atoms in total. The second-order valence-corrected chi connectivity index (χ2v) is 6.07. The highest BCUT2D eigenvalue weighted by Gasteiger charge is 2.34. The summed E-state index contributed by atoms with van der Waals surface area (Å²) in [4.78, 5) is 0. The molecule has 0 radical (unpaired) electrons. The van der Waals surface area contributed by atoms with E-state index in [9.17, 15) is 0 Å². The lowest BCUT2D eigenvalue weighted by atomic mass is 9.90. The lowest BCUT2D eigenvalue weighted by molar-refractivity contribution is -0.00514. The Morgan fingerprint density at radius 1 is 0.875 bits per heavy atom. The molecule has 1 aliphatic carbocycles. The molecular formula is C14H25NO. The van der Waals surface area contributed by atoms with E-state index in [1.807, 2.05) is 0 Å². The van der Waals surface area contributed by atoms with Crippen LogP contribution >= 0.6 is 0 Å². The zero-order valence-corrected chi connectivity index (χ0v) is 10.3. The van der Waals surface area contributed by atoms with Crippen molar-refractivity contribution in [2.75, 3.05) is 6.61 Å². The third-order valence-corrected chi connectivity index (χ3v) is 4.72. The van der Waals surface area contributed by atoms with Gasteiger partial charge in [0.05, 0.1) is 6.10 Å². The average molecular weight is 223 g/mol. The van der Waals surface area contributed by atoms with E-state index in [1.54, 1.807) is 0 Å². The number of hydrogen-bond donors (Lipinski definition) is 1. The third-order valence-electron chi connectivity index (χ3n) is 4.72. The van der Waals surface area contributed by atoms with Crippen LogP contribution in [0, 0.1) is 5.92 Å². The Hall–Kier alpha value is -0.0800. The molecule has 2 saturated heterocycles. The van der Waals surface area contributed by atoms with Gasteiger partial charge in [-0.3, -0.25) is 0 Å². The van der Waals surface area contributed by atoms with Gasteiger partial charge in [-0.1, -0.05) is 19.3 Å². The predicted octanol–water partition coefficient (Wildman–Crippen LogP) is 2.87. The summed E-state index contributed by atoms with van der Waals surface area (Å²) in [6.07, 6.45) is 13.0. The number of rotatable bonds is 3. The van der Waals surface area contributed by atoms with Gasteiger partial charge in [0.1, 0.15) is 0 Å². The monoisotopic (exact) mass is 223 g/mol. The minimum Gasteiger partial charge on any atom is -0.378 e. The number of fused-ring (bicyclic) bond motifs is 2. The molecule has 1 saturated carbocycles. The second kappa shape index (κ2) is 5.05. The first-order valence-electron chi connectivity index (χ1n) is 7.28. The van der Waals surface area contributed by atoms with Crippen molar-refractivity contribution in [3.8, 4) is 0 Å². The summed E-state index contributed by atoms with van der Waals surface area (Å²) < 4.78 is 6.16. The van der Waals surface area contributed by atoms with E-state index in [2.05, 4.69) is 5.32 Å². The first-order valence-corrected chi connectivity index (χ1v) is 7.28. The molecule has 1 N–H and O–H groups in total. The van der Waals surface area contributed by atoms with Gasteiger partial charge in [-0.2, -0.15) is 0 Å². The van der Waals surface area contributed by atoms with E-state index < -0.39 is 0 Å². The van der Waals surface area contributed by atoms with Crippen molar-refractivity contribution in [1.29, 1.82) is 0 Å². The number of nitrogens with one attached hydrogen (secondary N) is 1. The van der Waals surface area contributed by atoms with Crippen molar-refractivity contribution in [2.45, 2.75) is 76.0 Å². The van der Waals surface area contributed by atoms with Crippen LogP contribution in [0.5, 0.6) is 0 Å². The van der Waals surface area contributed by atoms with Crippen molar-refractivity contribution in [2.24, 2.45) is 5.92 Å². The third kappa shape index (κ3) is 2.60. The minimum atomic E-state index is 0.570. The Bertz CT molecular complexity index is 213.